The number of halogens is 1. The normalized spacial score (nSPS) is 11.6. The van der Waals surface area contributed by atoms with E-state index in [0.717, 1.165) is 6.07 Å². The summed E-state index contributed by atoms with van der Waals surface area (Å²) < 4.78 is 36.8. The second kappa shape index (κ2) is 5.70. The molecule has 5 nitrogen and oxygen atoms in total. The number of aromatic hydroxyl groups is 1. The molecule has 0 aliphatic rings. The fraction of sp³-hybridized carbons (Fsp3) is 0. The minimum absolute atomic E-state index is 0.0985. The quantitative estimate of drug-likeness (QED) is 0.713. The maximum absolute atomic E-state index is 13.9. The average Bonchev–Trinajstić information content (AvgIpc) is 2.53. The highest BCUT2D eigenvalue weighted by Crippen LogP contribution is 2.31. The van der Waals surface area contributed by atoms with Crippen molar-refractivity contribution < 1.29 is 22.7 Å². The van der Waals surface area contributed by atoms with E-state index in [2.05, 4.69) is 0 Å². The molecule has 0 saturated carbocycles. The summed E-state index contributed by atoms with van der Waals surface area (Å²) in [5, 5.41) is 15.9. The topological polar surface area (TPSA) is 97.5 Å². The van der Waals surface area contributed by atoms with Crippen LogP contribution < -0.4 is 5.14 Å². The Kier molecular flexibility index (Phi) is 3.82. The number of sulfonamides is 1. The molecule has 122 valence electrons. The van der Waals surface area contributed by atoms with Crippen LogP contribution in [0.4, 0.5) is 4.39 Å². The van der Waals surface area contributed by atoms with Gasteiger partial charge in [0.1, 0.15) is 11.6 Å². The number of phenolic OH excluding ortho intramolecular Hbond substituents is 1. The van der Waals surface area contributed by atoms with Gasteiger partial charge in [0.2, 0.25) is 10.0 Å². The van der Waals surface area contributed by atoms with Crippen molar-refractivity contribution >= 4 is 26.6 Å². The number of carbonyl (C=O) groups excluding carboxylic acids is 1. The summed E-state index contributed by atoms with van der Waals surface area (Å²) in [6, 6.07) is 12.0. The van der Waals surface area contributed by atoms with Gasteiger partial charge in [-0.25, -0.2) is 17.9 Å². The predicted octanol–water partition coefficient (Wildman–Crippen LogP) is 2.56. The predicted molar refractivity (Wildman–Crippen MR) is 86.8 cm³/mol. The van der Waals surface area contributed by atoms with Gasteiger partial charge in [-0.3, -0.25) is 4.79 Å². The van der Waals surface area contributed by atoms with Crippen molar-refractivity contribution in [1.82, 2.24) is 0 Å². The van der Waals surface area contributed by atoms with Crippen LogP contribution in [-0.4, -0.2) is 19.3 Å². The molecule has 3 rings (SSSR count). The average molecular weight is 345 g/mol. The van der Waals surface area contributed by atoms with Crippen molar-refractivity contribution in [1.29, 1.82) is 0 Å². The van der Waals surface area contributed by atoms with E-state index in [0.29, 0.717) is 10.8 Å². The molecule has 3 N–H and O–H groups in total. The molecule has 0 unspecified atom stereocenters. The molecular weight excluding hydrogens is 333 g/mol. The Labute approximate surface area is 137 Å². The lowest BCUT2D eigenvalue weighted by atomic mass is 9.96. The van der Waals surface area contributed by atoms with Crippen molar-refractivity contribution in [2.75, 3.05) is 0 Å². The van der Waals surface area contributed by atoms with E-state index in [1.807, 2.05) is 0 Å². The van der Waals surface area contributed by atoms with Gasteiger partial charge in [-0.15, -0.1) is 0 Å². The monoisotopic (exact) mass is 345 g/mol. The van der Waals surface area contributed by atoms with Crippen molar-refractivity contribution in [3.8, 4) is 5.75 Å². The molecule has 0 heterocycles. The largest absolute Gasteiger partial charge is 0.507 e. The Hall–Kier alpha value is -2.77. The lowest BCUT2D eigenvalue weighted by Crippen LogP contribution is -2.12. The molecular formula is C17H12FNO4S. The molecule has 7 heteroatoms. The Morgan fingerprint density at radius 1 is 1.04 bits per heavy atom. The number of fused-ring (bicyclic) bond motifs is 1. The number of benzene rings is 3. The maximum atomic E-state index is 13.9. The molecule has 0 radical (unpaired) electrons. The first kappa shape index (κ1) is 16.1. The summed E-state index contributed by atoms with van der Waals surface area (Å²) in [5.74, 6) is -1.72. The molecule has 3 aromatic carbocycles. The van der Waals surface area contributed by atoms with Crippen LogP contribution in [0.25, 0.3) is 10.8 Å². The number of hydrogen-bond donors (Lipinski definition) is 2. The first-order valence-corrected chi connectivity index (χ1v) is 8.41. The van der Waals surface area contributed by atoms with Gasteiger partial charge in [-0.05, 0) is 41.1 Å². The third kappa shape index (κ3) is 2.75. The second-order valence-corrected chi connectivity index (χ2v) is 6.76. The SMILES string of the molecule is NS(=O)(=O)c1ccc2c(C(=O)c3ccccc3F)c(O)ccc2c1. The molecule has 3 aromatic rings. The number of phenols is 1. The highest BCUT2D eigenvalue weighted by Gasteiger charge is 2.20. The Balaban J connectivity index is 2.26. The molecule has 24 heavy (non-hydrogen) atoms. The lowest BCUT2D eigenvalue weighted by Gasteiger charge is -2.10. The van der Waals surface area contributed by atoms with E-state index in [4.69, 9.17) is 5.14 Å². The first-order chi connectivity index (χ1) is 11.3. The van der Waals surface area contributed by atoms with Gasteiger partial charge in [-0.1, -0.05) is 24.3 Å². The van der Waals surface area contributed by atoms with Gasteiger partial charge in [-0.2, -0.15) is 0 Å². The Morgan fingerprint density at radius 3 is 2.42 bits per heavy atom. The molecule has 0 atom stereocenters. The van der Waals surface area contributed by atoms with Crippen LogP contribution in [0.1, 0.15) is 15.9 Å². The minimum atomic E-state index is -3.90. The maximum Gasteiger partial charge on any atom is 0.238 e. The minimum Gasteiger partial charge on any atom is -0.507 e. The van der Waals surface area contributed by atoms with E-state index in [1.54, 1.807) is 0 Å². The van der Waals surface area contributed by atoms with Crippen LogP contribution in [0.2, 0.25) is 0 Å². The third-order valence-electron chi connectivity index (χ3n) is 3.64. The van der Waals surface area contributed by atoms with Crippen LogP contribution in [0, 0.1) is 5.82 Å². The molecule has 0 saturated heterocycles. The summed E-state index contributed by atoms with van der Waals surface area (Å²) in [4.78, 5) is 12.5. The zero-order valence-corrected chi connectivity index (χ0v) is 13.0. The van der Waals surface area contributed by atoms with Crippen LogP contribution in [0.3, 0.4) is 0 Å². The Morgan fingerprint density at radius 2 is 1.75 bits per heavy atom. The van der Waals surface area contributed by atoms with Crippen molar-refractivity contribution in [2.24, 2.45) is 5.14 Å². The van der Waals surface area contributed by atoms with Gasteiger partial charge in [0.05, 0.1) is 16.0 Å². The van der Waals surface area contributed by atoms with Crippen molar-refractivity contribution in [2.45, 2.75) is 4.90 Å². The number of carbonyl (C=O) groups is 1. The number of nitrogens with two attached hydrogens (primary N) is 1. The zero-order valence-electron chi connectivity index (χ0n) is 12.2. The molecule has 0 bridgehead atoms. The van der Waals surface area contributed by atoms with Crippen LogP contribution in [0.5, 0.6) is 5.75 Å². The van der Waals surface area contributed by atoms with Crippen LogP contribution in [0.15, 0.2) is 59.5 Å². The van der Waals surface area contributed by atoms with E-state index >= 15 is 0 Å². The number of ketones is 1. The molecule has 0 amide bonds. The highest BCUT2D eigenvalue weighted by molar-refractivity contribution is 7.89. The van der Waals surface area contributed by atoms with E-state index in [-0.39, 0.29) is 21.8 Å². The number of primary sulfonamides is 1. The number of rotatable bonds is 3. The molecule has 0 spiro atoms. The van der Waals surface area contributed by atoms with Crippen molar-refractivity contribution in [3.63, 3.8) is 0 Å². The third-order valence-corrected chi connectivity index (χ3v) is 4.55. The van der Waals surface area contributed by atoms with Gasteiger partial charge in [0, 0.05) is 0 Å². The van der Waals surface area contributed by atoms with Gasteiger partial charge >= 0.3 is 0 Å². The summed E-state index contributed by atoms with van der Waals surface area (Å²) in [5.41, 5.74) is -0.283. The molecule has 0 aliphatic carbocycles. The number of hydrogen-bond acceptors (Lipinski definition) is 4. The van der Waals surface area contributed by atoms with E-state index in [9.17, 15) is 22.7 Å². The first-order valence-electron chi connectivity index (χ1n) is 6.87. The van der Waals surface area contributed by atoms with E-state index in [1.165, 1.54) is 48.5 Å². The molecule has 0 fully saturated rings. The fourth-order valence-corrected chi connectivity index (χ4v) is 3.04. The van der Waals surface area contributed by atoms with E-state index < -0.39 is 21.6 Å². The summed E-state index contributed by atoms with van der Waals surface area (Å²) in [7, 11) is -3.90. The van der Waals surface area contributed by atoms with Crippen molar-refractivity contribution in [3.05, 3.63) is 71.5 Å². The van der Waals surface area contributed by atoms with Gasteiger partial charge < -0.3 is 5.11 Å². The summed E-state index contributed by atoms with van der Waals surface area (Å²) in [6.07, 6.45) is 0. The summed E-state index contributed by atoms with van der Waals surface area (Å²) >= 11 is 0. The summed E-state index contributed by atoms with van der Waals surface area (Å²) in [6.45, 7) is 0. The van der Waals surface area contributed by atoms with Crippen LogP contribution >= 0.6 is 0 Å². The molecule has 0 aromatic heterocycles. The van der Waals surface area contributed by atoms with Gasteiger partial charge in [0.15, 0.2) is 5.78 Å². The second-order valence-electron chi connectivity index (χ2n) is 5.20. The standard InChI is InChI=1S/C17H12FNO4S/c18-14-4-2-1-3-13(14)17(21)16-12-7-6-11(24(19,22)23)9-10(12)5-8-15(16)20/h1-9,20H,(H2,19,22,23). The zero-order chi connectivity index (χ0) is 17.5. The molecule has 0 aliphatic heterocycles. The van der Waals surface area contributed by atoms with Crippen LogP contribution in [-0.2, 0) is 10.0 Å². The lowest BCUT2D eigenvalue weighted by molar-refractivity contribution is 0.103. The smallest absolute Gasteiger partial charge is 0.238 e. The Bertz CT molecular complexity index is 1080. The highest BCUT2D eigenvalue weighted by atomic mass is 32.2. The van der Waals surface area contributed by atoms with Gasteiger partial charge in [0.25, 0.3) is 0 Å². The fourth-order valence-electron chi connectivity index (χ4n) is 2.49.